The van der Waals surface area contributed by atoms with E-state index in [0.717, 1.165) is 17.4 Å². The molecule has 0 saturated heterocycles. The maximum Gasteiger partial charge on any atom is 0.328 e. The number of halogens is 1. The molecule has 0 aliphatic heterocycles. The second kappa shape index (κ2) is 15.0. The Balaban J connectivity index is 0. The average molecular weight is 413 g/mol. The first-order valence-electron chi connectivity index (χ1n) is 8.62. The van der Waals surface area contributed by atoms with E-state index in [1.54, 1.807) is 12.1 Å². The van der Waals surface area contributed by atoms with Gasteiger partial charge in [-0.25, -0.2) is 13.2 Å². The fourth-order valence-electron chi connectivity index (χ4n) is 1.55. The van der Waals surface area contributed by atoms with Crippen LogP contribution in [0.15, 0.2) is 59.5 Å². The third-order valence-corrected chi connectivity index (χ3v) is 4.08. The van der Waals surface area contributed by atoms with E-state index in [2.05, 4.69) is 0 Å². The van der Waals surface area contributed by atoms with E-state index in [1.807, 2.05) is 58.9 Å². The smallest absolute Gasteiger partial charge is 0.328 e. The normalized spacial score (nSPS) is 9.74. The molecule has 0 bridgehead atoms. The summed E-state index contributed by atoms with van der Waals surface area (Å²) < 4.78 is 22.4. The zero-order chi connectivity index (χ0) is 21.5. The Labute approximate surface area is 168 Å². The highest BCUT2D eigenvalue weighted by atomic mass is 35.5. The summed E-state index contributed by atoms with van der Waals surface area (Å²) in [6.07, 6.45) is 3.41. The summed E-state index contributed by atoms with van der Waals surface area (Å²) in [5, 5.41) is 9.20. The number of hydrogen-bond acceptors (Lipinski definition) is 3. The van der Waals surface area contributed by atoms with E-state index in [1.165, 1.54) is 23.8 Å². The molecule has 0 atom stereocenters. The number of benzene rings is 2. The van der Waals surface area contributed by atoms with Gasteiger partial charge < -0.3 is 5.11 Å². The van der Waals surface area contributed by atoms with Gasteiger partial charge in [0.15, 0.2) is 9.84 Å². The number of hydrogen-bond donors (Lipinski definition) is 1. The van der Waals surface area contributed by atoms with Gasteiger partial charge in [0, 0.05) is 17.4 Å². The molecule has 4 nitrogen and oxygen atoms in total. The Morgan fingerprint density at radius 3 is 1.93 bits per heavy atom. The number of sulfone groups is 1. The first kappa shape index (κ1) is 27.1. The van der Waals surface area contributed by atoms with Crippen LogP contribution >= 0.6 is 11.6 Å². The molecule has 0 unspecified atom stereocenters. The molecule has 0 aliphatic carbocycles. The van der Waals surface area contributed by atoms with Gasteiger partial charge >= 0.3 is 5.97 Å². The van der Waals surface area contributed by atoms with E-state index < -0.39 is 15.8 Å². The van der Waals surface area contributed by atoms with Gasteiger partial charge in [0.05, 0.1) is 4.90 Å². The average Bonchev–Trinajstić information content (AvgIpc) is 2.66. The van der Waals surface area contributed by atoms with Gasteiger partial charge in [0.25, 0.3) is 0 Å². The Kier molecular flexibility index (Phi) is 15.1. The van der Waals surface area contributed by atoms with E-state index in [4.69, 9.17) is 16.7 Å². The number of aliphatic carboxylic acids is 1. The second-order valence-electron chi connectivity index (χ2n) is 4.81. The SMILES string of the molecule is CC.CC.CS(=O)(=O)c1cccc(/C=C/C(=O)O)c1.Cc1ccc(Cl)cc1. The predicted octanol–water partition coefficient (Wildman–Crippen LogP) is 5.89. The summed E-state index contributed by atoms with van der Waals surface area (Å²) in [6.45, 7) is 10.0. The minimum absolute atomic E-state index is 0.176. The summed E-state index contributed by atoms with van der Waals surface area (Å²) in [5.41, 5.74) is 1.79. The van der Waals surface area contributed by atoms with Gasteiger partial charge in [-0.15, -0.1) is 0 Å². The first-order valence-corrected chi connectivity index (χ1v) is 10.9. The summed E-state index contributed by atoms with van der Waals surface area (Å²) in [5.74, 6) is -1.07. The summed E-state index contributed by atoms with van der Waals surface area (Å²) in [4.78, 5) is 10.4. The maximum atomic E-state index is 11.2. The third kappa shape index (κ3) is 13.7. The van der Waals surface area contributed by atoms with E-state index >= 15 is 0 Å². The molecule has 2 aromatic rings. The predicted molar refractivity (Wildman–Crippen MR) is 115 cm³/mol. The second-order valence-corrected chi connectivity index (χ2v) is 7.26. The van der Waals surface area contributed by atoms with E-state index in [9.17, 15) is 13.2 Å². The molecule has 27 heavy (non-hydrogen) atoms. The fourth-order valence-corrected chi connectivity index (χ4v) is 2.35. The highest BCUT2D eigenvalue weighted by molar-refractivity contribution is 7.90. The molecule has 0 aliphatic rings. The zero-order valence-corrected chi connectivity index (χ0v) is 18.3. The molecule has 0 spiro atoms. The van der Waals surface area contributed by atoms with Gasteiger partial charge in [-0.3, -0.25) is 0 Å². The lowest BCUT2D eigenvalue weighted by Crippen LogP contribution is -1.96. The molecule has 0 fully saturated rings. The Bertz CT molecular complexity index is 774. The molecule has 150 valence electrons. The van der Waals surface area contributed by atoms with Crippen molar-refractivity contribution in [1.29, 1.82) is 0 Å². The van der Waals surface area contributed by atoms with E-state index in [0.29, 0.717) is 5.56 Å². The van der Waals surface area contributed by atoms with Crippen LogP contribution in [0.1, 0.15) is 38.8 Å². The first-order chi connectivity index (χ1) is 12.7. The van der Waals surface area contributed by atoms with Crippen molar-refractivity contribution >= 4 is 33.5 Å². The molecule has 2 rings (SSSR count). The molecule has 2 aromatic carbocycles. The van der Waals surface area contributed by atoms with Crippen LogP contribution in [0.25, 0.3) is 6.08 Å². The summed E-state index contributed by atoms with van der Waals surface area (Å²) in [6, 6.07) is 13.8. The lowest BCUT2D eigenvalue weighted by atomic mass is 10.2. The molecule has 0 amide bonds. The van der Waals surface area contributed by atoms with Crippen molar-refractivity contribution in [3.63, 3.8) is 0 Å². The molecule has 1 N–H and O–H groups in total. The number of carbonyl (C=O) groups is 1. The van der Waals surface area contributed by atoms with Crippen LogP contribution in [-0.4, -0.2) is 25.7 Å². The van der Waals surface area contributed by atoms with Crippen LogP contribution in [-0.2, 0) is 14.6 Å². The number of carboxylic acid groups (broad SMARTS) is 1. The summed E-state index contributed by atoms with van der Waals surface area (Å²) >= 11 is 5.61. The van der Waals surface area contributed by atoms with Gasteiger partial charge in [0.2, 0.25) is 0 Å². The summed E-state index contributed by atoms with van der Waals surface area (Å²) in [7, 11) is -3.25. The van der Waals surface area contributed by atoms with Gasteiger partial charge in [-0.05, 0) is 42.8 Å². The highest BCUT2D eigenvalue weighted by Crippen LogP contribution is 2.12. The van der Waals surface area contributed by atoms with Gasteiger partial charge in [0.1, 0.15) is 0 Å². The number of aryl methyl sites for hydroxylation is 1. The van der Waals surface area contributed by atoms with Crippen LogP contribution in [0.5, 0.6) is 0 Å². The topological polar surface area (TPSA) is 71.4 Å². The van der Waals surface area contributed by atoms with Crippen LogP contribution < -0.4 is 0 Å². The quantitative estimate of drug-likeness (QED) is 0.638. The van der Waals surface area contributed by atoms with Crippen molar-refractivity contribution < 1.29 is 18.3 Å². The Morgan fingerprint density at radius 1 is 1.00 bits per heavy atom. The molecule has 0 aromatic heterocycles. The van der Waals surface area contributed by atoms with Crippen molar-refractivity contribution in [2.24, 2.45) is 0 Å². The van der Waals surface area contributed by atoms with Gasteiger partial charge in [-0.2, -0.15) is 0 Å². The Hall–Kier alpha value is -2.11. The number of carboxylic acids is 1. The molecular weight excluding hydrogens is 384 g/mol. The number of rotatable bonds is 3. The van der Waals surface area contributed by atoms with Crippen molar-refractivity contribution in [1.82, 2.24) is 0 Å². The Morgan fingerprint density at radius 2 is 1.52 bits per heavy atom. The largest absolute Gasteiger partial charge is 0.478 e. The lowest BCUT2D eigenvalue weighted by Gasteiger charge is -1.98. The standard InChI is InChI=1S/C10H10O4S.C7H7Cl.2C2H6/c1-15(13,14)9-4-2-3-8(7-9)5-6-10(11)12;1-6-2-4-7(8)5-3-6;2*1-2/h2-7H,1H3,(H,11,12);2-5H,1H3;2*1-2H3/b6-5+;;;. The van der Waals surface area contributed by atoms with Crippen LogP contribution in [0, 0.1) is 6.92 Å². The molecule has 6 heteroatoms. The molecule has 0 radical (unpaired) electrons. The fraction of sp³-hybridized carbons (Fsp3) is 0.286. The highest BCUT2D eigenvalue weighted by Gasteiger charge is 2.05. The van der Waals surface area contributed by atoms with Crippen molar-refractivity contribution in [2.45, 2.75) is 39.5 Å². The van der Waals surface area contributed by atoms with Crippen molar-refractivity contribution in [2.75, 3.05) is 6.26 Å². The van der Waals surface area contributed by atoms with Crippen molar-refractivity contribution in [3.8, 4) is 0 Å². The molecule has 0 saturated carbocycles. The third-order valence-electron chi connectivity index (χ3n) is 2.72. The van der Waals surface area contributed by atoms with Gasteiger partial charge in [-0.1, -0.05) is 69.1 Å². The zero-order valence-electron chi connectivity index (χ0n) is 16.7. The maximum absolute atomic E-state index is 11.2. The monoisotopic (exact) mass is 412 g/mol. The minimum atomic E-state index is -3.25. The minimum Gasteiger partial charge on any atom is -0.478 e. The van der Waals surface area contributed by atoms with Crippen LogP contribution in [0.3, 0.4) is 0 Å². The molecule has 0 heterocycles. The van der Waals surface area contributed by atoms with Crippen LogP contribution in [0.4, 0.5) is 0 Å². The molecular formula is C21H29ClO4S. The lowest BCUT2D eigenvalue weighted by molar-refractivity contribution is -0.131. The van der Waals surface area contributed by atoms with Crippen LogP contribution in [0.2, 0.25) is 5.02 Å². The van der Waals surface area contributed by atoms with Crippen molar-refractivity contribution in [3.05, 3.63) is 70.8 Å². The van der Waals surface area contributed by atoms with E-state index in [-0.39, 0.29) is 4.90 Å².